The van der Waals surface area contributed by atoms with E-state index in [0.717, 1.165) is 0 Å². The summed E-state index contributed by atoms with van der Waals surface area (Å²) in [7, 11) is 0. The molecule has 0 aliphatic rings. The van der Waals surface area contributed by atoms with E-state index < -0.39 is 27.8 Å². The van der Waals surface area contributed by atoms with Crippen LogP contribution >= 0.6 is 15.9 Å². The fraction of sp³-hybridized carbons (Fsp3) is 0.333. The van der Waals surface area contributed by atoms with Gasteiger partial charge in [0, 0.05) is 0 Å². The third kappa shape index (κ3) is 2.01. The summed E-state index contributed by atoms with van der Waals surface area (Å²) in [5, 5.41) is 0. The molecule has 0 spiro atoms. The molecule has 0 aromatic carbocycles. The van der Waals surface area contributed by atoms with Crippen LogP contribution in [0.5, 0.6) is 0 Å². The Labute approximate surface area is 87.5 Å². The van der Waals surface area contributed by atoms with Crippen molar-refractivity contribution < 1.29 is 22.0 Å². The van der Waals surface area contributed by atoms with Crippen molar-refractivity contribution in [3.63, 3.8) is 0 Å². The summed E-state index contributed by atoms with van der Waals surface area (Å²) in [6.45, 7) is 0. The summed E-state index contributed by atoms with van der Waals surface area (Å²) in [6, 6.07) is 0. The molecule has 9 heteroatoms. The maximum atomic E-state index is 12.7. The lowest BCUT2D eigenvalue weighted by Gasteiger charge is -2.19. The molecule has 1 heterocycles. The normalized spacial score (nSPS) is 12.9. The van der Waals surface area contributed by atoms with E-state index in [1.807, 2.05) is 4.98 Å². The standard InChI is InChI=1S/C6H2BrF5N2O/c7-2-3(13-1-14-4(2)15)5(8,9)6(10,11)12/h1H,(H,13,14,15). The number of aromatic amines is 1. The average molecular weight is 293 g/mol. The van der Waals surface area contributed by atoms with Crippen LogP contribution in [0.25, 0.3) is 0 Å². The third-order valence-electron chi connectivity index (χ3n) is 1.45. The van der Waals surface area contributed by atoms with E-state index in [2.05, 4.69) is 20.9 Å². The molecule has 0 bridgehead atoms. The maximum Gasteiger partial charge on any atom is 0.459 e. The second-order valence-electron chi connectivity index (χ2n) is 2.47. The van der Waals surface area contributed by atoms with E-state index in [1.165, 1.54) is 0 Å². The number of hydrogen-bond acceptors (Lipinski definition) is 2. The van der Waals surface area contributed by atoms with Gasteiger partial charge in [0.05, 0.1) is 6.33 Å². The number of halogens is 6. The predicted molar refractivity (Wildman–Crippen MR) is 42.5 cm³/mol. The van der Waals surface area contributed by atoms with Crippen molar-refractivity contribution in [2.24, 2.45) is 0 Å². The van der Waals surface area contributed by atoms with Crippen molar-refractivity contribution in [1.29, 1.82) is 0 Å². The molecule has 1 aromatic heterocycles. The quantitative estimate of drug-likeness (QED) is 0.807. The fourth-order valence-electron chi connectivity index (χ4n) is 0.736. The number of hydrogen-bond donors (Lipinski definition) is 1. The first-order valence-corrected chi connectivity index (χ1v) is 4.15. The highest BCUT2D eigenvalue weighted by molar-refractivity contribution is 9.10. The van der Waals surface area contributed by atoms with Crippen LogP contribution in [0.4, 0.5) is 22.0 Å². The number of nitrogens with one attached hydrogen (secondary N) is 1. The zero-order valence-electron chi connectivity index (χ0n) is 6.70. The lowest BCUT2D eigenvalue weighted by Crippen LogP contribution is -2.36. The molecule has 0 unspecified atom stereocenters. The predicted octanol–water partition coefficient (Wildman–Crippen LogP) is 2.19. The average Bonchev–Trinajstić information content (AvgIpc) is 2.07. The van der Waals surface area contributed by atoms with Gasteiger partial charge in [0.15, 0.2) is 0 Å². The van der Waals surface area contributed by atoms with Crippen molar-refractivity contribution >= 4 is 15.9 Å². The van der Waals surface area contributed by atoms with Crippen molar-refractivity contribution in [2.75, 3.05) is 0 Å². The smallest absolute Gasteiger partial charge is 0.312 e. The number of rotatable bonds is 1. The zero-order valence-corrected chi connectivity index (χ0v) is 8.29. The van der Waals surface area contributed by atoms with Gasteiger partial charge in [-0.2, -0.15) is 22.0 Å². The Morgan fingerprint density at radius 1 is 1.27 bits per heavy atom. The zero-order chi connectivity index (χ0) is 11.9. The van der Waals surface area contributed by atoms with E-state index in [-0.39, 0.29) is 0 Å². The Morgan fingerprint density at radius 3 is 2.27 bits per heavy atom. The van der Waals surface area contributed by atoms with Gasteiger partial charge < -0.3 is 4.98 Å². The molecule has 84 valence electrons. The Hall–Kier alpha value is -0.990. The van der Waals surface area contributed by atoms with Crippen LogP contribution in [-0.2, 0) is 5.92 Å². The van der Waals surface area contributed by atoms with Crippen LogP contribution in [-0.4, -0.2) is 16.1 Å². The van der Waals surface area contributed by atoms with Gasteiger partial charge in [0.2, 0.25) is 0 Å². The molecule has 0 aliphatic carbocycles. The van der Waals surface area contributed by atoms with Crippen molar-refractivity contribution in [2.45, 2.75) is 12.1 Å². The van der Waals surface area contributed by atoms with Crippen molar-refractivity contribution in [3.8, 4) is 0 Å². The molecular weight excluding hydrogens is 291 g/mol. The molecule has 0 amide bonds. The van der Waals surface area contributed by atoms with Crippen LogP contribution in [0, 0.1) is 0 Å². The lowest BCUT2D eigenvalue weighted by atomic mass is 10.2. The minimum Gasteiger partial charge on any atom is -0.312 e. The van der Waals surface area contributed by atoms with E-state index in [9.17, 15) is 26.7 Å². The molecule has 0 atom stereocenters. The summed E-state index contributed by atoms with van der Waals surface area (Å²) >= 11 is 2.32. The number of nitrogens with zero attached hydrogens (tertiary/aromatic N) is 1. The van der Waals surface area contributed by atoms with Crippen LogP contribution in [0.15, 0.2) is 15.6 Å². The maximum absolute atomic E-state index is 12.7. The van der Waals surface area contributed by atoms with Crippen molar-refractivity contribution in [1.82, 2.24) is 9.97 Å². The Kier molecular flexibility index (Phi) is 2.85. The first-order valence-electron chi connectivity index (χ1n) is 3.36. The second-order valence-corrected chi connectivity index (χ2v) is 3.26. The van der Waals surface area contributed by atoms with E-state index in [0.29, 0.717) is 6.33 Å². The number of aromatic nitrogens is 2. The highest BCUT2D eigenvalue weighted by atomic mass is 79.9. The highest BCUT2D eigenvalue weighted by Crippen LogP contribution is 2.44. The molecule has 0 fully saturated rings. The summed E-state index contributed by atoms with van der Waals surface area (Å²) in [4.78, 5) is 15.4. The molecule has 0 saturated heterocycles. The number of alkyl halides is 5. The molecule has 1 rings (SSSR count). The Balaban J connectivity index is 3.40. The molecule has 3 nitrogen and oxygen atoms in total. The molecule has 0 saturated carbocycles. The lowest BCUT2D eigenvalue weighted by molar-refractivity contribution is -0.291. The summed E-state index contributed by atoms with van der Waals surface area (Å²) in [5.74, 6) is -5.17. The third-order valence-corrected chi connectivity index (χ3v) is 2.19. The topological polar surface area (TPSA) is 45.8 Å². The minimum absolute atomic E-state index is 0.474. The van der Waals surface area contributed by atoms with Gasteiger partial charge in [-0.3, -0.25) is 4.79 Å². The number of H-pyrrole nitrogens is 1. The molecular formula is C6H2BrF5N2O. The van der Waals surface area contributed by atoms with Crippen LogP contribution in [0.1, 0.15) is 5.69 Å². The largest absolute Gasteiger partial charge is 0.459 e. The SMILES string of the molecule is O=c1[nH]cnc(C(F)(F)C(F)(F)F)c1Br. The van der Waals surface area contributed by atoms with E-state index in [1.54, 1.807) is 0 Å². The molecule has 1 aromatic rings. The summed E-state index contributed by atoms with van der Waals surface area (Å²) < 4.78 is 60.3. The minimum atomic E-state index is -5.80. The van der Waals surface area contributed by atoms with Crippen molar-refractivity contribution in [3.05, 3.63) is 26.8 Å². The molecule has 0 aliphatic heterocycles. The van der Waals surface area contributed by atoms with Gasteiger partial charge in [-0.05, 0) is 15.9 Å². The summed E-state index contributed by atoms with van der Waals surface area (Å²) in [5.41, 5.74) is -2.76. The van der Waals surface area contributed by atoms with Gasteiger partial charge in [-0.25, -0.2) is 4.98 Å². The monoisotopic (exact) mass is 292 g/mol. The van der Waals surface area contributed by atoms with Gasteiger partial charge >= 0.3 is 12.1 Å². The van der Waals surface area contributed by atoms with Crippen LogP contribution in [0.2, 0.25) is 0 Å². The van der Waals surface area contributed by atoms with Gasteiger partial charge in [0.1, 0.15) is 10.2 Å². The van der Waals surface area contributed by atoms with Gasteiger partial charge in [0.25, 0.3) is 5.56 Å². The van der Waals surface area contributed by atoms with Crippen LogP contribution < -0.4 is 5.56 Å². The molecule has 0 radical (unpaired) electrons. The van der Waals surface area contributed by atoms with Crippen LogP contribution in [0.3, 0.4) is 0 Å². The van der Waals surface area contributed by atoms with E-state index in [4.69, 9.17) is 0 Å². The first kappa shape index (κ1) is 12.1. The Morgan fingerprint density at radius 2 is 1.80 bits per heavy atom. The van der Waals surface area contributed by atoms with Gasteiger partial charge in [-0.15, -0.1) is 0 Å². The summed E-state index contributed by atoms with van der Waals surface area (Å²) in [6.07, 6.45) is -5.32. The molecule has 15 heavy (non-hydrogen) atoms. The molecule has 1 N–H and O–H groups in total. The van der Waals surface area contributed by atoms with E-state index >= 15 is 0 Å². The fourth-order valence-corrected chi connectivity index (χ4v) is 1.20. The Bertz CT molecular complexity index is 426. The van der Waals surface area contributed by atoms with Gasteiger partial charge in [-0.1, -0.05) is 0 Å². The first-order chi connectivity index (χ1) is 6.68. The second kappa shape index (κ2) is 3.54. The highest BCUT2D eigenvalue weighted by Gasteiger charge is 2.61.